The lowest BCUT2D eigenvalue weighted by molar-refractivity contribution is 1.18. The Hall–Kier alpha value is -10.5. The van der Waals surface area contributed by atoms with E-state index in [4.69, 9.17) is 0 Å². The van der Waals surface area contributed by atoms with E-state index in [0.29, 0.717) is 0 Å². The molecule has 2 nitrogen and oxygen atoms in total. The van der Waals surface area contributed by atoms with Crippen molar-refractivity contribution in [3.05, 3.63) is 267 Å². The predicted molar refractivity (Wildman–Crippen MR) is 343 cm³/mol. The first-order valence-electron chi connectivity index (χ1n) is 27.9. The van der Waals surface area contributed by atoms with Gasteiger partial charge >= 0.3 is 0 Å². The Labute approximate surface area is 458 Å². The first kappa shape index (κ1) is 42.6. The predicted octanol–water partition coefficient (Wildman–Crippen LogP) is 21.6. The second kappa shape index (κ2) is 15.6. The maximum Gasteiger partial charge on any atom is 0.0541 e. The maximum absolute atomic E-state index is 2.51. The van der Waals surface area contributed by atoms with Gasteiger partial charge in [0.15, 0.2) is 0 Å². The second-order valence-electron chi connectivity index (χ2n) is 22.1. The van der Waals surface area contributed by atoms with Gasteiger partial charge in [-0.1, -0.05) is 218 Å². The van der Waals surface area contributed by atoms with Crippen LogP contribution in [-0.2, 0) is 0 Å². The van der Waals surface area contributed by atoms with Crippen LogP contribution in [0.2, 0.25) is 0 Å². The average Bonchev–Trinajstić information content (AvgIpc) is 4.18. The van der Waals surface area contributed by atoms with Crippen molar-refractivity contribution >= 4 is 151 Å². The molecule has 0 aliphatic rings. The first-order chi connectivity index (χ1) is 39.7. The summed E-state index contributed by atoms with van der Waals surface area (Å²) in [5, 5.41) is 30.5. The van der Waals surface area contributed by atoms with Crippen molar-refractivity contribution in [3.63, 3.8) is 0 Å². The van der Waals surface area contributed by atoms with E-state index in [2.05, 4.69) is 276 Å². The minimum Gasteiger partial charge on any atom is -0.309 e. The van der Waals surface area contributed by atoms with Crippen molar-refractivity contribution in [1.29, 1.82) is 0 Å². The molecule has 0 fully saturated rings. The molecule has 2 heteroatoms. The Morgan fingerprint density at radius 2 is 0.450 bits per heavy atom. The lowest BCUT2D eigenvalue weighted by Gasteiger charge is -2.23. The second-order valence-corrected chi connectivity index (χ2v) is 22.1. The molecule has 19 aromatic rings. The highest BCUT2D eigenvalue weighted by Crippen LogP contribution is 2.52. The highest BCUT2D eigenvalue weighted by atomic mass is 15.0. The summed E-state index contributed by atoms with van der Waals surface area (Å²) in [6, 6.07) is 101. The molecular weight excluding hydrogens is 965 g/mol. The van der Waals surface area contributed by atoms with Crippen molar-refractivity contribution in [1.82, 2.24) is 9.13 Å². The molecule has 2 aromatic heterocycles. The Morgan fingerprint density at radius 1 is 0.175 bits per heavy atom. The number of benzene rings is 17. The number of hydrogen-bond acceptors (Lipinski definition) is 0. The van der Waals surface area contributed by atoms with Crippen LogP contribution in [0.5, 0.6) is 0 Å². The quantitative estimate of drug-likeness (QED) is 0.123. The third-order valence-corrected chi connectivity index (χ3v) is 18.4. The van der Waals surface area contributed by atoms with E-state index in [1.54, 1.807) is 0 Å². The smallest absolute Gasteiger partial charge is 0.0541 e. The van der Waals surface area contributed by atoms with E-state index in [1.807, 2.05) is 0 Å². The minimum atomic E-state index is 1.13. The summed E-state index contributed by atoms with van der Waals surface area (Å²) in [5.74, 6) is 0. The molecule has 0 spiro atoms. The van der Waals surface area contributed by atoms with Crippen molar-refractivity contribution in [2.75, 3.05) is 0 Å². The lowest BCUT2D eigenvalue weighted by atomic mass is 9.81. The van der Waals surface area contributed by atoms with Crippen molar-refractivity contribution in [3.8, 4) is 33.6 Å². The summed E-state index contributed by atoms with van der Waals surface area (Å²) < 4.78 is 4.97. The van der Waals surface area contributed by atoms with Crippen molar-refractivity contribution in [2.24, 2.45) is 0 Å². The summed E-state index contributed by atoms with van der Waals surface area (Å²) in [7, 11) is 0. The molecule has 0 N–H and O–H groups in total. The standard InChI is InChI=1S/C78H44N2/c1-5-31-69-49(19-1)50-20-2-6-32-70(50)79(69)47-35-37-65-67(43-47)77(63-41-39-61-55-25-11-17-45-15-9-23-53(73(45)55)57-27-13-29-59(63)75(57)61)66-38-36-48(80-71-33-7-3-21-51(71)52-22-4-8-34-72(52)80)44-68(66)78(65)64-42-40-62-56-26-12-18-46-16-10-24-54(74(46)56)58-28-14-30-60(64)76(58)62/h1-44H. The molecule has 0 saturated heterocycles. The highest BCUT2D eigenvalue weighted by Gasteiger charge is 2.25. The molecule has 0 bridgehead atoms. The fourth-order valence-electron chi connectivity index (χ4n) is 15.2. The summed E-state index contributed by atoms with van der Waals surface area (Å²) in [5.41, 5.74) is 12.0. The molecule has 0 aliphatic heterocycles. The first-order valence-corrected chi connectivity index (χ1v) is 27.9. The molecular formula is C78H44N2. The number of hydrogen-bond donors (Lipinski definition) is 0. The van der Waals surface area contributed by atoms with Gasteiger partial charge < -0.3 is 9.13 Å². The molecule has 0 atom stereocenters. The SMILES string of the molecule is c1cc2cccc3c4ccc(-c5c6ccc(-n7c8ccccc8c8ccccc87)cc6c(-c6ccc7c8cccc9cccc(c%10cccc6c%107)c98)c6ccc(-n7c8ccccc8c8ccccc87)cc56)c5cccc(c(c1)c23)c54. The zero-order chi connectivity index (χ0) is 51.9. The molecule has 17 aromatic carbocycles. The molecule has 366 valence electrons. The normalized spacial score (nSPS) is 12.5. The van der Waals surface area contributed by atoms with E-state index in [-0.39, 0.29) is 0 Å². The average molecular weight is 1010 g/mol. The Bertz CT molecular complexity index is 5340. The van der Waals surface area contributed by atoms with E-state index in [9.17, 15) is 0 Å². The van der Waals surface area contributed by atoms with Gasteiger partial charge in [-0.15, -0.1) is 0 Å². The number of fused-ring (bicyclic) bond motifs is 12. The largest absolute Gasteiger partial charge is 0.309 e. The van der Waals surface area contributed by atoms with Crippen LogP contribution < -0.4 is 0 Å². The summed E-state index contributed by atoms with van der Waals surface area (Å²) in [6.07, 6.45) is 0. The monoisotopic (exact) mass is 1010 g/mol. The number of aromatic nitrogens is 2. The van der Waals surface area contributed by atoms with Crippen LogP contribution in [0.3, 0.4) is 0 Å². The highest BCUT2D eigenvalue weighted by molar-refractivity contribution is 6.38. The molecule has 0 unspecified atom stereocenters. The molecule has 0 aliphatic carbocycles. The van der Waals surface area contributed by atoms with Gasteiger partial charge in [-0.2, -0.15) is 0 Å². The molecule has 80 heavy (non-hydrogen) atoms. The maximum atomic E-state index is 2.51. The summed E-state index contributed by atoms with van der Waals surface area (Å²) in [4.78, 5) is 0. The van der Waals surface area contributed by atoms with Gasteiger partial charge in [-0.05, 0) is 179 Å². The van der Waals surface area contributed by atoms with E-state index < -0.39 is 0 Å². The molecule has 0 saturated carbocycles. The molecule has 0 radical (unpaired) electrons. The fourth-order valence-corrected chi connectivity index (χ4v) is 15.2. The van der Waals surface area contributed by atoms with Gasteiger partial charge in [0.25, 0.3) is 0 Å². The van der Waals surface area contributed by atoms with Gasteiger partial charge in [0, 0.05) is 32.9 Å². The van der Waals surface area contributed by atoms with Crippen molar-refractivity contribution < 1.29 is 0 Å². The third-order valence-electron chi connectivity index (χ3n) is 18.4. The Kier molecular flexibility index (Phi) is 8.28. The minimum absolute atomic E-state index is 1.13. The number of rotatable bonds is 4. The van der Waals surface area contributed by atoms with Crippen LogP contribution in [0, 0.1) is 0 Å². The van der Waals surface area contributed by atoms with Crippen LogP contribution in [0.1, 0.15) is 0 Å². The fraction of sp³-hybridized carbons (Fsp3) is 0. The Balaban J connectivity index is 1.01. The van der Waals surface area contributed by atoms with Crippen LogP contribution in [0.25, 0.3) is 185 Å². The zero-order valence-corrected chi connectivity index (χ0v) is 43.3. The van der Waals surface area contributed by atoms with Crippen LogP contribution >= 0.6 is 0 Å². The van der Waals surface area contributed by atoms with E-state index in [0.717, 1.165) is 11.4 Å². The lowest BCUT2D eigenvalue weighted by Crippen LogP contribution is -1.99. The van der Waals surface area contributed by atoms with Gasteiger partial charge in [0.1, 0.15) is 0 Å². The van der Waals surface area contributed by atoms with Gasteiger partial charge in [-0.3, -0.25) is 0 Å². The van der Waals surface area contributed by atoms with Crippen LogP contribution in [0.4, 0.5) is 0 Å². The topological polar surface area (TPSA) is 9.86 Å². The zero-order valence-electron chi connectivity index (χ0n) is 43.3. The summed E-state index contributed by atoms with van der Waals surface area (Å²) in [6.45, 7) is 0. The number of nitrogens with zero attached hydrogens (tertiary/aromatic N) is 2. The molecule has 19 rings (SSSR count). The molecule has 2 heterocycles. The van der Waals surface area contributed by atoms with Gasteiger partial charge in [0.05, 0.1) is 22.1 Å². The van der Waals surface area contributed by atoms with Gasteiger partial charge in [0.2, 0.25) is 0 Å². The summed E-state index contributed by atoms with van der Waals surface area (Å²) >= 11 is 0. The van der Waals surface area contributed by atoms with Crippen LogP contribution in [-0.4, -0.2) is 9.13 Å². The van der Waals surface area contributed by atoms with Gasteiger partial charge in [-0.25, -0.2) is 0 Å². The Morgan fingerprint density at radius 3 is 0.812 bits per heavy atom. The molecule has 0 amide bonds. The number of para-hydroxylation sites is 4. The van der Waals surface area contributed by atoms with E-state index >= 15 is 0 Å². The van der Waals surface area contributed by atoms with Crippen molar-refractivity contribution in [2.45, 2.75) is 0 Å². The third kappa shape index (κ3) is 5.47. The van der Waals surface area contributed by atoms with E-state index in [1.165, 1.54) is 174 Å². The van der Waals surface area contributed by atoms with Crippen LogP contribution in [0.15, 0.2) is 267 Å².